The summed E-state index contributed by atoms with van der Waals surface area (Å²) in [6.07, 6.45) is 4.40. The maximum Gasteiger partial charge on any atom is 0.0616 e. The van der Waals surface area contributed by atoms with Crippen LogP contribution in [-0.4, -0.2) is 0 Å². The van der Waals surface area contributed by atoms with E-state index in [1.54, 1.807) is 0 Å². The molecule has 2 atom stereocenters. The molecule has 0 heterocycles. The molecule has 1 aromatic carbocycles. The van der Waals surface area contributed by atoms with E-state index in [0.29, 0.717) is 5.92 Å². The maximum atomic E-state index is 6.72. The lowest BCUT2D eigenvalue weighted by atomic mass is 9.87. The Labute approximate surface area is 118 Å². The normalized spacial score (nSPS) is 14.6. The standard InChI is InChI=1S/C17H27Cl/c1-6-12(5)17(18)16-14(8-3)10-13(7-2)11-15(16)9-4/h10-12,17H,6-9H2,1-5H3. The Kier molecular flexibility index (Phi) is 6.21. The third-order valence-corrected chi connectivity index (χ3v) is 4.65. The fraction of sp³-hybridized carbons (Fsp3) is 0.647. The van der Waals surface area contributed by atoms with E-state index in [-0.39, 0.29) is 5.38 Å². The molecule has 0 amide bonds. The molecule has 0 spiro atoms. The fourth-order valence-electron chi connectivity index (χ4n) is 2.49. The van der Waals surface area contributed by atoms with Crippen molar-refractivity contribution in [2.45, 2.75) is 65.7 Å². The molecule has 0 radical (unpaired) electrons. The minimum Gasteiger partial charge on any atom is -0.118 e. The zero-order chi connectivity index (χ0) is 13.7. The van der Waals surface area contributed by atoms with Crippen molar-refractivity contribution in [3.63, 3.8) is 0 Å². The van der Waals surface area contributed by atoms with Gasteiger partial charge in [0.15, 0.2) is 0 Å². The number of aryl methyl sites for hydroxylation is 3. The highest BCUT2D eigenvalue weighted by molar-refractivity contribution is 6.21. The third kappa shape index (κ3) is 3.29. The summed E-state index contributed by atoms with van der Waals surface area (Å²) in [4.78, 5) is 0. The number of benzene rings is 1. The first-order valence-corrected chi connectivity index (χ1v) is 7.81. The van der Waals surface area contributed by atoms with E-state index in [1.165, 1.54) is 22.3 Å². The molecule has 0 bridgehead atoms. The van der Waals surface area contributed by atoms with Gasteiger partial charge in [0.05, 0.1) is 5.38 Å². The predicted octanol–water partition coefficient (Wildman–Crippen LogP) is 5.70. The second kappa shape index (κ2) is 7.19. The van der Waals surface area contributed by atoms with Crippen LogP contribution in [0, 0.1) is 5.92 Å². The van der Waals surface area contributed by atoms with Crippen molar-refractivity contribution >= 4 is 11.6 Å². The van der Waals surface area contributed by atoms with Crippen molar-refractivity contribution in [1.29, 1.82) is 0 Å². The molecule has 0 aliphatic carbocycles. The van der Waals surface area contributed by atoms with Gasteiger partial charge in [0.1, 0.15) is 0 Å². The molecule has 0 N–H and O–H groups in total. The smallest absolute Gasteiger partial charge is 0.0616 e. The van der Waals surface area contributed by atoms with Crippen LogP contribution in [0.25, 0.3) is 0 Å². The van der Waals surface area contributed by atoms with Crippen LogP contribution in [-0.2, 0) is 19.3 Å². The highest BCUT2D eigenvalue weighted by Crippen LogP contribution is 2.36. The molecule has 1 rings (SSSR count). The second-order valence-corrected chi connectivity index (χ2v) is 5.65. The van der Waals surface area contributed by atoms with Crippen LogP contribution in [0.15, 0.2) is 12.1 Å². The summed E-state index contributed by atoms with van der Waals surface area (Å²) in [5, 5.41) is 0.158. The minimum atomic E-state index is 0.158. The van der Waals surface area contributed by atoms with Crippen molar-refractivity contribution in [2.24, 2.45) is 5.92 Å². The van der Waals surface area contributed by atoms with E-state index in [9.17, 15) is 0 Å². The molecular weight excluding hydrogens is 240 g/mol. The van der Waals surface area contributed by atoms with Crippen molar-refractivity contribution in [3.05, 3.63) is 34.4 Å². The first kappa shape index (κ1) is 15.6. The van der Waals surface area contributed by atoms with E-state index in [0.717, 1.165) is 25.7 Å². The van der Waals surface area contributed by atoms with Crippen molar-refractivity contribution in [1.82, 2.24) is 0 Å². The topological polar surface area (TPSA) is 0 Å². The van der Waals surface area contributed by atoms with E-state index in [1.807, 2.05) is 0 Å². The summed E-state index contributed by atoms with van der Waals surface area (Å²) in [5.41, 5.74) is 5.76. The van der Waals surface area contributed by atoms with E-state index in [4.69, 9.17) is 11.6 Å². The highest BCUT2D eigenvalue weighted by Gasteiger charge is 2.21. The summed E-state index contributed by atoms with van der Waals surface area (Å²) in [5.74, 6) is 0.537. The lowest BCUT2D eigenvalue weighted by molar-refractivity contribution is 0.537. The van der Waals surface area contributed by atoms with Crippen LogP contribution >= 0.6 is 11.6 Å². The zero-order valence-electron chi connectivity index (χ0n) is 12.5. The molecule has 0 nitrogen and oxygen atoms in total. The van der Waals surface area contributed by atoms with Crippen LogP contribution in [0.3, 0.4) is 0 Å². The van der Waals surface area contributed by atoms with Gasteiger partial charge in [0.2, 0.25) is 0 Å². The molecule has 0 aliphatic heterocycles. The van der Waals surface area contributed by atoms with E-state index < -0.39 is 0 Å². The Morgan fingerprint density at radius 3 is 1.78 bits per heavy atom. The average Bonchev–Trinajstić information content (AvgIpc) is 2.43. The number of hydrogen-bond acceptors (Lipinski definition) is 0. The van der Waals surface area contributed by atoms with Gasteiger partial charge in [-0.1, -0.05) is 53.2 Å². The molecule has 0 saturated heterocycles. The molecular formula is C17H27Cl. The van der Waals surface area contributed by atoms with Gasteiger partial charge in [-0.25, -0.2) is 0 Å². The number of hydrogen-bond donors (Lipinski definition) is 0. The van der Waals surface area contributed by atoms with Crippen LogP contribution in [0.2, 0.25) is 0 Å². The van der Waals surface area contributed by atoms with Crippen molar-refractivity contribution < 1.29 is 0 Å². The van der Waals surface area contributed by atoms with Crippen molar-refractivity contribution in [2.75, 3.05) is 0 Å². The predicted molar refractivity (Wildman–Crippen MR) is 82.6 cm³/mol. The average molecular weight is 267 g/mol. The summed E-state index contributed by atoms with van der Waals surface area (Å²) in [7, 11) is 0. The van der Waals surface area contributed by atoms with Crippen LogP contribution in [0.5, 0.6) is 0 Å². The summed E-state index contributed by atoms with van der Waals surface area (Å²) in [6.45, 7) is 11.2. The molecule has 0 fully saturated rings. The Morgan fingerprint density at radius 2 is 1.44 bits per heavy atom. The molecule has 2 unspecified atom stereocenters. The van der Waals surface area contributed by atoms with Gasteiger partial charge in [0.25, 0.3) is 0 Å². The molecule has 102 valence electrons. The van der Waals surface area contributed by atoms with Gasteiger partial charge >= 0.3 is 0 Å². The number of halogens is 1. The Balaban J connectivity index is 3.30. The summed E-state index contributed by atoms with van der Waals surface area (Å²) < 4.78 is 0. The molecule has 1 heteroatoms. The molecule has 18 heavy (non-hydrogen) atoms. The lowest BCUT2D eigenvalue weighted by Crippen LogP contribution is -2.10. The first-order valence-electron chi connectivity index (χ1n) is 7.37. The first-order chi connectivity index (χ1) is 8.58. The Morgan fingerprint density at radius 1 is 0.944 bits per heavy atom. The number of alkyl halides is 1. The largest absolute Gasteiger partial charge is 0.118 e. The summed E-state index contributed by atoms with van der Waals surface area (Å²) >= 11 is 6.72. The van der Waals surface area contributed by atoms with Gasteiger partial charge < -0.3 is 0 Å². The van der Waals surface area contributed by atoms with Crippen molar-refractivity contribution in [3.8, 4) is 0 Å². The monoisotopic (exact) mass is 266 g/mol. The zero-order valence-corrected chi connectivity index (χ0v) is 13.3. The molecule has 1 aromatic rings. The lowest BCUT2D eigenvalue weighted by Gasteiger charge is -2.23. The van der Waals surface area contributed by atoms with E-state index in [2.05, 4.69) is 46.8 Å². The van der Waals surface area contributed by atoms with Crippen LogP contribution in [0.4, 0.5) is 0 Å². The fourth-order valence-corrected chi connectivity index (χ4v) is 2.94. The number of rotatable bonds is 6. The minimum absolute atomic E-state index is 0.158. The highest BCUT2D eigenvalue weighted by atomic mass is 35.5. The second-order valence-electron chi connectivity index (χ2n) is 5.18. The van der Waals surface area contributed by atoms with Gasteiger partial charge in [0, 0.05) is 0 Å². The van der Waals surface area contributed by atoms with Gasteiger partial charge in [-0.2, -0.15) is 0 Å². The molecule has 0 saturated carbocycles. The summed E-state index contributed by atoms with van der Waals surface area (Å²) in [6, 6.07) is 4.71. The maximum absolute atomic E-state index is 6.72. The SMILES string of the molecule is CCc1cc(CC)c(C(Cl)C(C)CC)c(CC)c1. The van der Waals surface area contributed by atoms with Crippen LogP contribution in [0.1, 0.15) is 68.7 Å². The van der Waals surface area contributed by atoms with Gasteiger partial charge in [-0.15, -0.1) is 11.6 Å². The van der Waals surface area contributed by atoms with Gasteiger partial charge in [-0.05, 0) is 47.4 Å². The van der Waals surface area contributed by atoms with Gasteiger partial charge in [-0.3, -0.25) is 0 Å². The van der Waals surface area contributed by atoms with E-state index >= 15 is 0 Å². The third-order valence-electron chi connectivity index (χ3n) is 4.00. The molecule has 0 aromatic heterocycles. The quantitative estimate of drug-likeness (QED) is 0.580. The molecule has 0 aliphatic rings. The van der Waals surface area contributed by atoms with Crippen LogP contribution < -0.4 is 0 Å². The Hall–Kier alpha value is -0.490. The Bertz CT molecular complexity index is 356.